The minimum atomic E-state index is -0.930. The van der Waals surface area contributed by atoms with E-state index in [-0.39, 0.29) is 17.2 Å². The van der Waals surface area contributed by atoms with Crippen molar-refractivity contribution in [2.45, 2.75) is 37.0 Å². The SMILES string of the molecule is CC(C)NC(=O)C(C)Sc1csc(C(=O)O)c1. The average molecular weight is 273 g/mol. The predicted molar refractivity (Wildman–Crippen MR) is 69.9 cm³/mol. The fraction of sp³-hybridized carbons (Fsp3) is 0.455. The van der Waals surface area contributed by atoms with E-state index in [0.29, 0.717) is 4.88 Å². The van der Waals surface area contributed by atoms with Gasteiger partial charge in [0, 0.05) is 16.3 Å². The highest BCUT2D eigenvalue weighted by molar-refractivity contribution is 8.00. The van der Waals surface area contributed by atoms with E-state index in [2.05, 4.69) is 5.32 Å². The molecule has 0 spiro atoms. The van der Waals surface area contributed by atoms with Crippen molar-refractivity contribution in [3.8, 4) is 0 Å². The van der Waals surface area contributed by atoms with Gasteiger partial charge in [0.25, 0.3) is 0 Å². The lowest BCUT2D eigenvalue weighted by Crippen LogP contribution is -2.35. The molecule has 1 unspecified atom stereocenters. The van der Waals surface area contributed by atoms with Crippen LogP contribution >= 0.6 is 23.1 Å². The van der Waals surface area contributed by atoms with Crippen LogP contribution in [0.4, 0.5) is 0 Å². The van der Waals surface area contributed by atoms with Gasteiger partial charge in [-0.3, -0.25) is 4.79 Å². The molecule has 1 rings (SSSR count). The van der Waals surface area contributed by atoms with E-state index in [4.69, 9.17) is 5.11 Å². The number of nitrogens with one attached hydrogen (secondary N) is 1. The molecule has 0 aliphatic carbocycles. The van der Waals surface area contributed by atoms with Gasteiger partial charge in [0.2, 0.25) is 5.91 Å². The normalized spacial score (nSPS) is 12.5. The largest absolute Gasteiger partial charge is 0.477 e. The Morgan fingerprint density at radius 3 is 2.53 bits per heavy atom. The van der Waals surface area contributed by atoms with Crippen LogP contribution in [0.3, 0.4) is 0 Å². The molecule has 1 aromatic heterocycles. The first-order valence-corrected chi connectivity index (χ1v) is 6.95. The van der Waals surface area contributed by atoms with Gasteiger partial charge in [0.1, 0.15) is 4.88 Å². The van der Waals surface area contributed by atoms with E-state index in [1.54, 1.807) is 18.4 Å². The molecule has 0 aliphatic rings. The van der Waals surface area contributed by atoms with E-state index in [9.17, 15) is 9.59 Å². The molecule has 0 aliphatic heterocycles. The summed E-state index contributed by atoms with van der Waals surface area (Å²) in [4.78, 5) is 23.5. The molecule has 4 nitrogen and oxygen atoms in total. The average Bonchev–Trinajstić information content (AvgIpc) is 2.65. The Labute approximate surface area is 108 Å². The summed E-state index contributed by atoms with van der Waals surface area (Å²) in [7, 11) is 0. The zero-order valence-electron chi connectivity index (χ0n) is 9.89. The smallest absolute Gasteiger partial charge is 0.345 e. The van der Waals surface area contributed by atoms with Gasteiger partial charge in [-0.1, -0.05) is 0 Å². The molecule has 0 bridgehead atoms. The Balaban J connectivity index is 2.58. The Morgan fingerprint density at radius 2 is 2.06 bits per heavy atom. The van der Waals surface area contributed by atoms with Gasteiger partial charge < -0.3 is 10.4 Å². The molecule has 1 heterocycles. The first-order chi connectivity index (χ1) is 7.90. The molecule has 0 radical (unpaired) electrons. The highest BCUT2D eigenvalue weighted by atomic mass is 32.2. The second kappa shape index (κ2) is 6.07. The minimum absolute atomic E-state index is 0.0342. The standard InChI is InChI=1S/C11H15NO3S2/c1-6(2)12-10(13)7(3)17-8-4-9(11(14)15)16-5-8/h4-7H,1-3H3,(H,12,13)(H,14,15). The molecule has 0 aromatic carbocycles. The third kappa shape index (κ3) is 4.40. The van der Waals surface area contributed by atoms with E-state index in [1.807, 2.05) is 13.8 Å². The number of aromatic carboxylic acids is 1. The van der Waals surface area contributed by atoms with Crippen molar-refractivity contribution in [1.29, 1.82) is 0 Å². The zero-order chi connectivity index (χ0) is 13.0. The van der Waals surface area contributed by atoms with Gasteiger partial charge in [-0.05, 0) is 26.8 Å². The molecule has 0 saturated carbocycles. The van der Waals surface area contributed by atoms with Crippen LogP contribution in [-0.4, -0.2) is 28.3 Å². The predicted octanol–water partition coefficient (Wildman–Crippen LogP) is 2.45. The maximum Gasteiger partial charge on any atom is 0.345 e. The van der Waals surface area contributed by atoms with Gasteiger partial charge in [-0.15, -0.1) is 23.1 Å². The molecule has 0 fully saturated rings. The van der Waals surface area contributed by atoms with E-state index < -0.39 is 5.97 Å². The van der Waals surface area contributed by atoms with Crippen LogP contribution in [0.1, 0.15) is 30.4 Å². The number of amides is 1. The lowest BCUT2D eigenvalue weighted by Gasteiger charge is -2.13. The minimum Gasteiger partial charge on any atom is -0.477 e. The number of carboxylic acids is 1. The molecule has 94 valence electrons. The number of hydrogen-bond donors (Lipinski definition) is 2. The van der Waals surface area contributed by atoms with Gasteiger partial charge in [-0.25, -0.2) is 4.79 Å². The Morgan fingerprint density at radius 1 is 1.41 bits per heavy atom. The first kappa shape index (κ1) is 14.1. The molecular weight excluding hydrogens is 258 g/mol. The summed E-state index contributed by atoms with van der Waals surface area (Å²) in [5.41, 5.74) is 0. The summed E-state index contributed by atoms with van der Waals surface area (Å²) < 4.78 is 0. The third-order valence-corrected chi connectivity index (χ3v) is 4.04. The fourth-order valence-corrected chi connectivity index (χ4v) is 2.97. The summed E-state index contributed by atoms with van der Waals surface area (Å²) in [6.45, 7) is 5.62. The Hall–Kier alpha value is -1.01. The van der Waals surface area contributed by atoms with E-state index in [1.165, 1.54) is 23.1 Å². The Kier molecular flexibility index (Phi) is 5.02. The van der Waals surface area contributed by atoms with Crippen LogP contribution in [0, 0.1) is 0 Å². The van der Waals surface area contributed by atoms with Gasteiger partial charge in [-0.2, -0.15) is 0 Å². The molecule has 6 heteroatoms. The summed E-state index contributed by atoms with van der Waals surface area (Å²) in [5.74, 6) is -0.964. The van der Waals surface area contributed by atoms with Crippen molar-refractivity contribution >= 4 is 35.0 Å². The molecule has 1 aromatic rings. The van der Waals surface area contributed by atoms with Crippen LogP contribution in [0.15, 0.2) is 16.3 Å². The number of carbonyl (C=O) groups is 2. The Bertz CT molecular complexity index is 415. The molecule has 17 heavy (non-hydrogen) atoms. The van der Waals surface area contributed by atoms with Crippen LogP contribution in [0.5, 0.6) is 0 Å². The highest BCUT2D eigenvalue weighted by Gasteiger charge is 2.16. The lowest BCUT2D eigenvalue weighted by molar-refractivity contribution is -0.120. The van der Waals surface area contributed by atoms with Gasteiger partial charge in [0.15, 0.2) is 0 Å². The van der Waals surface area contributed by atoms with Crippen molar-refractivity contribution in [1.82, 2.24) is 5.32 Å². The topological polar surface area (TPSA) is 66.4 Å². The van der Waals surface area contributed by atoms with Crippen molar-refractivity contribution in [3.63, 3.8) is 0 Å². The highest BCUT2D eigenvalue weighted by Crippen LogP contribution is 2.28. The lowest BCUT2D eigenvalue weighted by atomic mass is 10.3. The van der Waals surface area contributed by atoms with Crippen LogP contribution in [-0.2, 0) is 4.79 Å². The van der Waals surface area contributed by atoms with Crippen molar-refractivity contribution < 1.29 is 14.7 Å². The number of thiophene rings is 1. The maximum absolute atomic E-state index is 11.7. The molecule has 1 atom stereocenters. The zero-order valence-corrected chi connectivity index (χ0v) is 11.5. The number of carbonyl (C=O) groups excluding carboxylic acids is 1. The monoisotopic (exact) mass is 273 g/mol. The first-order valence-electron chi connectivity index (χ1n) is 5.19. The van der Waals surface area contributed by atoms with Gasteiger partial charge in [0.05, 0.1) is 5.25 Å². The molecule has 1 amide bonds. The quantitative estimate of drug-likeness (QED) is 0.809. The number of carboxylic acid groups (broad SMARTS) is 1. The van der Waals surface area contributed by atoms with Crippen molar-refractivity contribution in [2.75, 3.05) is 0 Å². The number of thioether (sulfide) groups is 1. The summed E-state index contributed by atoms with van der Waals surface area (Å²) in [5, 5.41) is 13.1. The number of hydrogen-bond acceptors (Lipinski definition) is 4. The summed E-state index contributed by atoms with van der Waals surface area (Å²) in [6, 6.07) is 1.71. The second-order valence-corrected chi connectivity index (χ2v) is 6.20. The van der Waals surface area contributed by atoms with Crippen molar-refractivity contribution in [3.05, 3.63) is 16.3 Å². The van der Waals surface area contributed by atoms with E-state index >= 15 is 0 Å². The van der Waals surface area contributed by atoms with Crippen LogP contribution in [0.25, 0.3) is 0 Å². The van der Waals surface area contributed by atoms with Crippen LogP contribution in [0.2, 0.25) is 0 Å². The second-order valence-electron chi connectivity index (χ2n) is 3.88. The third-order valence-electron chi connectivity index (χ3n) is 1.90. The summed E-state index contributed by atoms with van der Waals surface area (Å²) in [6.07, 6.45) is 0. The molecule has 2 N–H and O–H groups in total. The van der Waals surface area contributed by atoms with Crippen molar-refractivity contribution in [2.24, 2.45) is 0 Å². The van der Waals surface area contributed by atoms with Crippen LogP contribution < -0.4 is 5.32 Å². The van der Waals surface area contributed by atoms with Gasteiger partial charge >= 0.3 is 5.97 Å². The molecule has 0 saturated heterocycles. The molecular formula is C11H15NO3S2. The van der Waals surface area contributed by atoms with E-state index in [0.717, 1.165) is 4.90 Å². The summed E-state index contributed by atoms with van der Waals surface area (Å²) >= 11 is 2.54. The number of rotatable bonds is 5. The fourth-order valence-electron chi connectivity index (χ4n) is 1.15. The maximum atomic E-state index is 11.7.